The van der Waals surface area contributed by atoms with Crippen molar-refractivity contribution in [1.82, 2.24) is 9.88 Å². The van der Waals surface area contributed by atoms with Crippen molar-refractivity contribution in [3.05, 3.63) is 53.3 Å². The molecule has 0 aliphatic carbocycles. The van der Waals surface area contributed by atoms with Crippen LogP contribution in [0.2, 0.25) is 5.02 Å². The van der Waals surface area contributed by atoms with Gasteiger partial charge in [0.25, 0.3) is 0 Å². The van der Waals surface area contributed by atoms with Gasteiger partial charge in [-0.15, -0.1) is 0 Å². The summed E-state index contributed by atoms with van der Waals surface area (Å²) in [5.74, 6) is 0.449. The third-order valence-corrected chi connectivity index (χ3v) is 3.23. The molecule has 0 aliphatic heterocycles. The molecular weight excluding hydrogens is 290 g/mol. The second-order valence-corrected chi connectivity index (χ2v) is 4.87. The average molecular weight is 306 g/mol. The molecule has 0 spiro atoms. The Morgan fingerprint density at radius 1 is 1.33 bits per heavy atom. The summed E-state index contributed by atoms with van der Waals surface area (Å²) in [6, 6.07) is 8.68. The van der Waals surface area contributed by atoms with E-state index in [9.17, 15) is 4.79 Å². The number of nitrogens with one attached hydrogen (secondary N) is 1. The Balaban J connectivity index is 2.06. The van der Waals surface area contributed by atoms with Crippen molar-refractivity contribution in [1.29, 1.82) is 0 Å². The van der Waals surface area contributed by atoms with Crippen molar-refractivity contribution in [2.45, 2.75) is 6.54 Å². The minimum atomic E-state index is -0.243. The molecule has 0 saturated carbocycles. The molecule has 0 aliphatic rings. The number of para-hydroxylation sites is 1. The van der Waals surface area contributed by atoms with Gasteiger partial charge in [0, 0.05) is 26.0 Å². The number of carbonyl (C=O) groups is 1. The van der Waals surface area contributed by atoms with Crippen molar-refractivity contribution in [2.75, 3.05) is 19.5 Å². The minimum absolute atomic E-state index is 0.243. The van der Waals surface area contributed by atoms with Gasteiger partial charge >= 0.3 is 6.03 Å². The lowest BCUT2D eigenvalue weighted by atomic mass is 10.2. The Labute approximate surface area is 128 Å². The summed E-state index contributed by atoms with van der Waals surface area (Å²) in [5, 5.41) is 3.24. The zero-order valence-electron chi connectivity index (χ0n) is 11.8. The van der Waals surface area contributed by atoms with Crippen LogP contribution in [0.3, 0.4) is 0 Å². The van der Waals surface area contributed by atoms with Crippen LogP contribution in [-0.2, 0) is 6.54 Å². The maximum Gasteiger partial charge on any atom is 0.321 e. The molecule has 1 heterocycles. The summed E-state index contributed by atoms with van der Waals surface area (Å²) in [7, 11) is 3.23. The summed E-state index contributed by atoms with van der Waals surface area (Å²) in [5.41, 5.74) is 1.54. The quantitative estimate of drug-likeness (QED) is 0.942. The summed E-state index contributed by atoms with van der Waals surface area (Å²) >= 11 is 6.03. The van der Waals surface area contributed by atoms with Gasteiger partial charge in [-0.1, -0.05) is 17.7 Å². The molecule has 1 N–H and O–H groups in total. The van der Waals surface area contributed by atoms with E-state index < -0.39 is 0 Å². The molecule has 2 amide bonds. The molecule has 110 valence electrons. The fraction of sp³-hybridized carbons (Fsp3) is 0.200. The van der Waals surface area contributed by atoms with Gasteiger partial charge in [0.2, 0.25) is 0 Å². The molecule has 2 aromatic rings. The molecule has 1 aromatic carbocycles. The Morgan fingerprint density at radius 2 is 2.05 bits per heavy atom. The topological polar surface area (TPSA) is 54.5 Å². The van der Waals surface area contributed by atoms with Gasteiger partial charge in [-0.05, 0) is 29.8 Å². The average Bonchev–Trinajstić information content (AvgIpc) is 2.48. The number of methoxy groups -OCH3 is 1. The summed E-state index contributed by atoms with van der Waals surface area (Å²) in [6.45, 7) is 0.483. The SMILES string of the molecule is COc1c(Cl)cccc1NC(=O)N(C)Cc1ccncc1. The highest BCUT2D eigenvalue weighted by Crippen LogP contribution is 2.32. The fourth-order valence-corrected chi connectivity index (χ4v) is 2.11. The number of carbonyl (C=O) groups excluding carboxylic acids is 1. The predicted octanol–water partition coefficient (Wildman–Crippen LogP) is 3.41. The maximum absolute atomic E-state index is 12.2. The van der Waals surface area contributed by atoms with E-state index in [2.05, 4.69) is 10.3 Å². The summed E-state index contributed by atoms with van der Waals surface area (Å²) in [6.07, 6.45) is 3.39. The monoisotopic (exact) mass is 305 g/mol. The Kier molecular flexibility index (Phi) is 5.00. The van der Waals surface area contributed by atoms with E-state index in [4.69, 9.17) is 16.3 Å². The first-order chi connectivity index (χ1) is 10.1. The van der Waals surface area contributed by atoms with E-state index >= 15 is 0 Å². The minimum Gasteiger partial charge on any atom is -0.493 e. The van der Waals surface area contributed by atoms with Gasteiger partial charge in [-0.25, -0.2) is 4.79 Å². The van der Waals surface area contributed by atoms with Crippen molar-refractivity contribution in [3.8, 4) is 5.75 Å². The van der Waals surface area contributed by atoms with E-state index in [0.29, 0.717) is 23.0 Å². The van der Waals surface area contributed by atoms with Crippen LogP contribution in [0.1, 0.15) is 5.56 Å². The zero-order chi connectivity index (χ0) is 15.2. The number of hydrogen-bond acceptors (Lipinski definition) is 3. The second-order valence-electron chi connectivity index (χ2n) is 4.46. The maximum atomic E-state index is 12.2. The van der Waals surface area contributed by atoms with E-state index in [1.807, 2.05) is 12.1 Å². The first-order valence-corrected chi connectivity index (χ1v) is 6.73. The molecule has 1 aromatic heterocycles. The lowest BCUT2D eigenvalue weighted by Crippen LogP contribution is -2.31. The van der Waals surface area contributed by atoms with Crippen LogP contribution < -0.4 is 10.1 Å². The Morgan fingerprint density at radius 3 is 2.71 bits per heavy atom. The second kappa shape index (κ2) is 6.95. The Hall–Kier alpha value is -2.27. The van der Waals surface area contributed by atoms with Gasteiger partial charge in [-0.2, -0.15) is 0 Å². The highest BCUT2D eigenvalue weighted by Gasteiger charge is 2.13. The number of nitrogens with zero attached hydrogens (tertiary/aromatic N) is 2. The van der Waals surface area contributed by atoms with Gasteiger partial charge in [-0.3, -0.25) is 4.98 Å². The predicted molar refractivity (Wildman–Crippen MR) is 82.7 cm³/mol. The smallest absolute Gasteiger partial charge is 0.321 e. The van der Waals surface area contributed by atoms with Crippen LogP contribution in [0.15, 0.2) is 42.7 Å². The molecule has 2 rings (SSSR count). The van der Waals surface area contributed by atoms with E-state index in [-0.39, 0.29) is 6.03 Å². The van der Waals surface area contributed by atoms with Crippen molar-refractivity contribution < 1.29 is 9.53 Å². The van der Waals surface area contributed by atoms with Gasteiger partial charge in [0.05, 0.1) is 17.8 Å². The van der Waals surface area contributed by atoms with E-state index in [1.54, 1.807) is 42.5 Å². The lowest BCUT2D eigenvalue weighted by Gasteiger charge is -2.19. The number of amides is 2. The molecule has 0 radical (unpaired) electrons. The van der Waals surface area contributed by atoms with Gasteiger partial charge < -0.3 is 15.0 Å². The number of benzene rings is 1. The molecular formula is C15H16ClN3O2. The fourth-order valence-electron chi connectivity index (χ4n) is 1.86. The van der Waals surface area contributed by atoms with Crippen LogP contribution in [0.25, 0.3) is 0 Å². The summed E-state index contributed by atoms with van der Waals surface area (Å²) < 4.78 is 5.20. The standard InChI is InChI=1S/C15H16ClN3O2/c1-19(10-11-6-8-17-9-7-11)15(20)18-13-5-3-4-12(16)14(13)21-2/h3-9H,10H2,1-2H3,(H,18,20). The molecule has 21 heavy (non-hydrogen) atoms. The van der Waals surface area contributed by atoms with E-state index in [0.717, 1.165) is 5.56 Å². The first kappa shape index (κ1) is 15.1. The van der Waals surface area contributed by atoms with Crippen LogP contribution in [0.5, 0.6) is 5.75 Å². The number of halogens is 1. The van der Waals surface area contributed by atoms with Gasteiger partial charge in [0.1, 0.15) is 0 Å². The summed E-state index contributed by atoms with van der Waals surface area (Å²) in [4.78, 5) is 17.7. The van der Waals surface area contributed by atoms with Crippen molar-refractivity contribution in [3.63, 3.8) is 0 Å². The molecule has 5 nitrogen and oxygen atoms in total. The number of urea groups is 1. The first-order valence-electron chi connectivity index (χ1n) is 6.35. The molecule has 6 heteroatoms. The number of rotatable bonds is 4. The van der Waals surface area contributed by atoms with Crippen molar-refractivity contribution >= 4 is 23.3 Å². The van der Waals surface area contributed by atoms with Crippen LogP contribution in [-0.4, -0.2) is 30.1 Å². The normalized spacial score (nSPS) is 10.0. The molecule has 0 fully saturated rings. The van der Waals surface area contributed by atoms with E-state index in [1.165, 1.54) is 7.11 Å². The lowest BCUT2D eigenvalue weighted by molar-refractivity contribution is 0.220. The zero-order valence-corrected chi connectivity index (χ0v) is 12.6. The Bertz CT molecular complexity index is 620. The molecule has 0 atom stereocenters. The molecule has 0 saturated heterocycles. The number of aromatic nitrogens is 1. The number of pyridine rings is 1. The third kappa shape index (κ3) is 3.86. The third-order valence-electron chi connectivity index (χ3n) is 2.93. The highest BCUT2D eigenvalue weighted by molar-refractivity contribution is 6.32. The largest absolute Gasteiger partial charge is 0.493 e. The van der Waals surface area contributed by atoms with Crippen LogP contribution in [0.4, 0.5) is 10.5 Å². The van der Waals surface area contributed by atoms with Gasteiger partial charge in [0.15, 0.2) is 5.75 Å². The number of anilines is 1. The number of ether oxygens (including phenoxy) is 1. The van der Waals surface area contributed by atoms with Crippen LogP contribution in [0, 0.1) is 0 Å². The van der Waals surface area contributed by atoms with Crippen LogP contribution >= 0.6 is 11.6 Å². The molecule has 0 bridgehead atoms. The molecule has 0 unspecified atom stereocenters. The number of hydrogen-bond donors (Lipinski definition) is 1. The highest BCUT2D eigenvalue weighted by atomic mass is 35.5. The van der Waals surface area contributed by atoms with Crippen molar-refractivity contribution in [2.24, 2.45) is 0 Å².